The van der Waals surface area contributed by atoms with E-state index in [4.69, 9.17) is 0 Å². The molecule has 2 heterocycles. The number of nitrogens with zero attached hydrogens (tertiary/aromatic N) is 2. The van der Waals surface area contributed by atoms with Gasteiger partial charge in [0.1, 0.15) is 5.01 Å². The van der Waals surface area contributed by atoms with E-state index in [1.165, 1.54) is 0 Å². The fourth-order valence-electron chi connectivity index (χ4n) is 1.68. The fraction of sp³-hybridized carbons (Fsp3) is 0.417. The molecule has 6 heteroatoms. The molecule has 0 aliphatic heterocycles. The quantitative estimate of drug-likeness (QED) is 0.839. The summed E-state index contributed by atoms with van der Waals surface area (Å²) < 4.78 is 0. The van der Waals surface area contributed by atoms with E-state index in [1.54, 1.807) is 23.7 Å². The molecule has 0 spiro atoms. The van der Waals surface area contributed by atoms with Crippen LogP contribution in [0.5, 0.6) is 0 Å². The Morgan fingerprint density at radius 3 is 3.11 bits per heavy atom. The lowest BCUT2D eigenvalue weighted by Crippen LogP contribution is -2.28. The molecular weight excluding hydrogens is 248 g/mol. The van der Waals surface area contributed by atoms with Gasteiger partial charge in [-0.05, 0) is 18.4 Å². The molecule has 0 radical (unpaired) electrons. The van der Waals surface area contributed by atoms with E-state index in [0.717, 1.165) is 17.0 Å². The van der Waals surface area contributed by atoms with Crippen molar-refractivity contribution >= 4 is 17.2 Å². The van der Waals surface area contributed by atoms with Crippen molar-refractivity contribution in [2.45, 2.75) is 32.2 Å². The maximum atomic E-state index is 11.8. The summed E-state index contributed by atoms with van der Waals surface area (Å²) in [4.78, 5) is 16.1. The minimum atomic E-state index is 0.0295. The van der Waals surface area contributed by atoms with Gasteiger partial charge in [0.05, 0.1) is 12.2 Å². The van der Waals surface area contributed by atoms with Gasteiger partial charge in [-0.25, -0.2) is 4.98 Å². The van der Waals surface area contributed by atoms with Gasteiger partial charge in [0.15, 0.2) is 0 Å². The number of amides is 1. The lowest BCUT2D eigenvalue weighted by molar-refractivity contribution is -0.121. The zero-order valence-corrected chi connectivity index (χ0v) is 11.0. The van der Waals surface area contributed by atoms with E-state index in [9.17, 15) is 4.79 Å². The van der Waals surface area contributed by atoms with Crippen LogP contribution in [-0.2, 0) is 11.2 Å². The molecule has 0 bridgehead atoms. The molecule has 1 amide bonds. The molecule has 2 aromatic heterocycles. The third kappa shape index (κ3) is 3.40. The van der Waals surface area contributed by atoms with Crippen molar-refractivity contribution in [2.24, 2.45) is 0 Å². The van der Waals surface area contributed by atoms with E-state index in [1.807, 2.05) is 18.5 Å². The van der Waals surface area contributed by atoms with E-state index < -0.39 is 0 Å². The van der Waals surface area contributed by atoms with E-state index in [2.05, 4.69) is 20.5 Å². The van der Waals surface area contributed by atoms with Crippen molar-refractivity contribution in [1.82, 2.24) is 20.5 Å². The SMILES string of the molecule is CCC(NC(=O)CCc1cn[nH]c1)c1nccs1. The molecule has 0 saturated carbocycles. The molecule has 2 rings (SSSR count). The number of hydrogen-bond acceptors (Lipinski definition) is 4. The first-order valence-electron chi connectivity index (χ1n) is 5.96. The zero-order valence-electron chi connectivity index (χ0n) is 10.2. The van der Waals surface area contributed by atoms with Gasteiger partial charge in [0, 0.05) is 24.2 Å². The number of carbonyl (C=O) groups excluding carboxylic acids is 1. The second kappa shape index (κ2) is 6.30. The van der Waals surface area contributed by atoms with Crippen LogP contribution in [0.25, 0.3) is 0 Å². The van der Waals surface area contributed by atoms with Gasteiger partial charge in [0.25, 0.3) is 0 Å². The van der Waals surface area contributed by atoms with Crippen molar-refractivity contribution in [3.05, 3.63) is 34.5 Å². The highest BCUT2D eigenvalue weighted by Gasteiger charge is 2.14. The van der Waals surface area contributed by atoms with Gasteiger partial charge in [-0.15, -0.1) is 11.3 Å². The van der Waals surface area contributed by atoms with Crippen LogP contribution in [0.15, 0.2) is 24.0 Å². The molecule has 1 atom stereocenters. The molecule has 5 nitrogen and oxygen atoms in total. The molecule has 1 unspecified atom stereocenters. The Hall–Kier alpha value is -1.69. The Morgan fingerprint density at radius 1 is 1.61 bits per heavy atom. The molecule has 0 saturated heterocycles. The first kappa shape index (κ1) is 12.8. The summed E-state index contributed by atoms with van der Waals surface area (Å²) in [5, 5.41) is 12.5. The van der Waals surface area contributed by atoms with E-state index in [0.29, 0.717) is 12.8 Å². The Balaban J connectivity index is 1.82. The molecule has 0 aliphatic rings. The van der Waals surface area contributed by atoms with Crippen LogP contribution in [0.4, 0.5) is 0 Å². The van der Waals surface area contributed by atoms with Gasteiger partial charge in [-0.2, -0.15) is 5.10 Å². The fourth-order valence-corrected chi connectivity index (χ4v) is 2.46. The number of nitrogens with one attached hydrogen (secondary N) is 2. The Bertz CT molecular complexity index is 466. The molecule has 18 heavy (non-hydrogen) atoms. The van der Waals surface area contributed by atoms with Gasteiger partial charge >= 0.3 is 0 Å². The molecule has 0 fully saturated rings. The largest absolute Gasteiger partial charge is 0.347 e. The molecule has 0 aromatic carbocycles. The van der Waals surface area contributed by atoms with Crippen molar-refractivity contribution in [1.29, 1.82) is 0 Å². The number of aryl methyl sites for hydroxylation is 1. The summed E-state index contributed by atoms with van der Waals surface area (Å²) in [6, 6.07) is 0.0295. The lowest BCUT2D eigenvalue weighted by atomic mass is 10.1. The molecule has 2 aromatic rings. The van der Waals surface area contributed by atoms with Gasteiger partial charge in [0.2, 0.25) is 5.91 Å². The van der Waals surface area contributed by atoms with E-state index >= 15 is 0 Å². The standard InChI is InChI=1S/C12H16N4OS/c1-2-10(12-13-5-6-18-12)16-11(17)4-3-9-7-14-15-8-9/h5-8,10H,2-4H2,1H3,(H,14,15)(H,16,17). The number of aromatic nitrogens is 3. The summed E-state index contributed by atoms with van der Waals surface area (Å²) in [7, 11) is 0. The Labute approximate surface area is 110 Å². The van der Waals surface area contributed by atoms with Crippen molar-refractivity contribution in [3.63, 3.8) is 0 Å². The topological polar surface area (TPSA) is 70.7 Å². The number of thiazole rings is 1. The highest BCUT2D eigenvalue weighted by atomic mass is 32.1. The van der Waals surface area contributed by atoms with Gasteiger partial charge in [-0.3, -0.25) is 9.89 Å². The minimum Gasteiger partial charge on any atom is -0.347 e. The van der Waals surface area contributed by atoms with Crippen LogP contribution in [-0.4, -0.2) is 21.1 Å². The number of hydrogen-bond donors (Lipinski definition) is 2. The number of aromatic amines is 1. The molecule has 0 aliphatic carbocycles. The van der Waals surface area contributed by atoms with Crippen LogP contribution < -0.4 is 5.32 Å². The summed E-state index contributed by atoms with van der Waals surface area (Å²) in [6.45, 7) is 2.04. The second-order valence-corrected chi connectivity index (χ2v) is 4.93. The van der Waals surface area contributed by atoms with Crippen molar-refractivity contribution in [3.8, 4) is 0 Å². The highest BCUT2D eigenvalue weighted by molar-refractivity contribution is 7.09. The summed E-state index contributed by atoms with van der Waals surface area (Å²) in [5.74, 6) is 0.0539. The van der Waals surface area contributed by atoms with Crippen LogP contribution in [0.2, 0.25) is 0 Å². The molecular formula is C12H16N4OS. The monoisotopic (exact) mass is 264 g/mol. The average Bonchev–Trinajstić information content (AvgIpc) is 3.05. The van der Waals surface area contributed by atoms with Crippen molar-refractivity contribution < 1.29 is 4.79 Å². The van der Waals surface area contributed by atoms with Crippen LogP contribution >= 0.6 is 11.3 Å². The van der Waals surface area contributed by atoms with Gasteiger partial charge < -0.3 is 5.32 Å². The third-order valence-corrected chi connectivity index (χ3v) is 3.58. The normalized spacial score (nSPS) is 12.3. The first-order chi connectivity index (χ1) is 8.79. The third-order valence-electron chi connectivity index (χ3n) is 2.69. The smallest absolute Gasteiger partial charge is 0.220 e. The zero-order chi connectivity index (χ0) is 12.8. The summed E-state index contributed by atoms with van der Waals surface area (Å²) in [6.07, 6.45) is 7.35. The summed E-state index contributed by atoms with van der Waals surface area (Å²) in [5.41, 5.74) is 1.05. The maximum Gasteiger partial charge on any atom is 0.220 e. The predicted molar refractivity (Wildman–Crippen MR) is 70.2 cm³/mol. The predicted octanol–water partition coefficient (Wildman–Crippen LogP) is 2.07. The van der Waals surface area contributed by atoms with Gasteiger partial charge in [-0.1, -0.05) is 6.92 Å². The van der Waals surface area contributed by atoms with Crippen LogP contribution in [0.3, 0.4) is 0 Å². The molecule has 96 valence electrons. The lowest BCUT2D eigenvalue weighted by Gasteiger charge is -2.14. The molecule has 2 N–H and O–H groups in total. The number of rotatable bonds is 6. The van der Waals surface area contributed by atoms with Crippen LogP contribution in [0, 0.1) is 0 Å². The number of carbonyl (C=O) groups is 1. The number of H-pyrrole nitrogens is 1. The highest BCUT2D eigenvalue weighted by Crippen LogP contribution is 2.18. The Kier molecular flexibility index (Phi) is 4.46. The summed E-state index contributed by atoms with van der Waals surface area (Å²) >= 11 is 1.57. The second-order valence-electron chi connectivity index (χ2n) is 4.01. The average molecular weight is 264 g/mol. The van der Waals surface area contributed by atoms with Crippen LogP contribution in [0.1, 0.15) is 36.4 Å². The first-order valence-corrected chi connectivity index (χ1v) is 6.84. The Morgan fingerprint density at radius 2 is 2.50 bits per heavy atom. The maximum absolute atomic E-state index is 11.8. The minimum absolute atomic E-state index is 0.0295. The van der Waals surface area contributed by atoms with Crippen molar-refractivity contribution in [2.75, 3.05) is 0 Å². The van der Waals surface area contributed by atoms with E-state index in [-0.39, 0.29) is 11.9 Å².